The first-order valence-electron chi connectivity index (χ1n) is 4.68. The molecule has 0 aliphatic rings. The van der Waals surface area contributed by atoms with E-state index in [1.54, 1.807) is 6.07 Å². The lowest BCUT2D eigenvalue weighted by molar-refractivity contribution is 0.507. The zero-order valence-electron chi connectivity index (χ0n) is 8.28. The van der Waals surface area contributed by atoms with Crippen LogP contribution in [0, 0.1) is 0 Å². The molecule has 2 aromatic rings. The third-order valence-electron chi connectivity index (χ3n) is 1.99. The summed E-state index contributed by atoms with van der Waals surface area (Å²) < 4.78 is 6.26. The molecule has 0 fully saturated rings. The van der Waals surface area contributed by atoms with Crippen molar-refractivity contribution in [3.63, 3.8) is 0 Å². The summed E-state index contributed by atoms with van der Waals surface area (Å²) in [6.45, 7) is 0.489. The fraction of sp³-hybridized carbons (Fsp3) is 0.200. The van der Waals surface area contributed by atoms with Crippen molar-refractivity contribution < 1.29 is 4.42 Å². The Morgan fingerprint density at radius 3 is 2.88 bits per heavy atom. The Morgan fingerprint density at radius 1 is 1.38 bits per heavy atom. The van der Waals surface area contributed by atoms with Gasteiger partial charge in [-0.25, -0.2) is 0 Å². The molecule has 16 heavy (non-hydrogen) atoms. The summed E-state index contributed by atoms with van der Waals surface area (Å²) in [7, 11) is 0. The molecule has 2 rings (SSSR count). The smallest absolute Gasteiger partial charge is 0.247 e. The van der Waals surface area contributed by atoms with Crippen molar-refractivity contribution in [1.82, 2.24) is 10.2 Å². The Kier molecular flexibility index (Phi) is 3.58. The second-order valence-corrected chi connectivity index (χ2v) is 4.43. The quantitative estimate of drug-likeness (QED) is 0.946. The van der Waals surface area contributed by atoms with Crippen LogP contribution in [0.1, 0.15) is 5.89 Å². The molecule has 0 spiro atoms. The molecular weight excluding hydrogens is 293 g/mol. The van der Waals surface area contributed by atoms with E-state index in [0.717, 1.165) is 10.0 Å². The summed E-state index contributed by atoms with van der Waals surface area (Å²) in [6.07, 6.45) is 0.581. The summed E-state index contributed by atoms with van der Waals surface area (Å²) in [4.78, 5) is 0. The third kappa shape index (κ3) is 2.42. The highest BCUT2D eigenvalue weighted by Gasteiger charge is 2.09. The standard InChI is InChI=1S/C10H9BrClN3O/c11-7-2-1-6(5-8(7)12)10-15-14-9(16-10)3-4-13/h1-2,5H,3-4,13H2. The third-order valence-corrected chi connectivity index (χ3v) is 3.22. The van der Waals surface area contributed by atoms with Crippen molar-refractivity contribution in [3.8, 4) is 11.5 Å². The summed E-state index contributed by atoms with van der Waals surface area (Å²) >= 11 is 9.29. The number of hydrogen-bond acceptors (Lipinski definition) is 4. The molecule has 1 aromatic carbocycles. The molecule has 4 nitrogen and oxygen atoms in total. The van der Waals surface area contributed by atoms with Crippen molar-refractivity contribution in [3.05, 3.63) is 33.6 Å². The van der Waals surface area contributed by atoms with Gasteiger partial charge in [-0.3, -0.25) is 0 Å². The number of hydrogen-bond donors (Lipinski definition) is 1. The lowest BCUT2D eigenvalue weighted by Gasteiger charge is -1.97. The molecule has 0 bridgehead atoms. The molecule has 0 amide bonds. The van der Waals surface area contributed by atoms with Gasteiger partial charge in [0.2, 0.25) is 11.8 Å². The lowest BCUT2D eigenvalue weighted by atomic mass is 10.2. The summed E-state index contributed by atoms with van der Waals surface area (Å²) in [5, 5.41) is 8.42. The van der Waals surface area contributed by atoms with E-state index in [2.05, 4.69) is 26.1 Å². The monoisotopic (exact) mass is 301 g/mol. The van der Waals surface area contributed by atoms with Gasteiger partial charge in [0, 0.05) is 23.0 Å². The van der Waals surface area contributed by atoms with E-state index < -0.39 is 0 Å². The molecule has 2 N–H and O–H groups in total. The van der Waals surface area contributed by atoms with Gasteiger partial charge in [-0.2, -0.15) is 0 Å². The van der Waals surface area contributed by atoms with Gasteiger partial charge in [0.1, 0.15) is 0 Å². The average molecular weight is 303 g/mol. The first-order valence-corrected chi connectivity index (χ1v) is 5.85. The normalized spacial score (nSPS) is 10.7. The zero-order valence-corrected chi connectivity index (χ0v) is 10.6. The van der Waals surface area contributed by atoms with Crippen molar-refractivity contribution >= 4 is 27.5 Å². The molecule has 0 radical (unpaired) electrons. The average Bonchev–Trinajstić information content (AvgIpc) is 2.71. The molecule has 0 atom stereocenters. The predicted octanol–water partition coefficient (Wildman–Crippen LogP) is 2.65. The van der Waals surface area contributed by atoms with Crippen LogP contribution in [0.25, 0.3) is 11.5 Å². The van der Waals surface area contributed by atoms with Gasteiger partial charge in [-0.05, 0) is 34.1 Å². The molecule has 1 aromatic heterocycles. The maximum atomic E-state index is 5.97. The van der Waals surface area contributed by atoms with Gasteiger partial charge in [-0.1, -0.05) is 11.6 Å². The summed E-state index contributed by atoms with van der Waals surface area (Å²) in [5.74, 6) is 0.995. The lowest BCUT2D eigenvalue weighted by Crippen LogP contribution is -2.02. The van der Waals surface area contributed by atoms with E-state index in [9.17, 15) is 0 Å². The molecule has 84 valence electrons. The van der Waals surface area contributed by atoms with Gasteiger partial charge in [0.05, 0.1) is 5.02 Å². The van der Waals surface area contributed by atoms with Gasteiger partial charge in [0.15, 0.2) is 0 Å². The molecule has 0 saturated carbocycles. The van der Waals surface area contributed by atoms with E-state index in [1.165, 1.54) is 0 Å². The van der Waals surface area contributed by atoms with Crippen LogP contribution >= 0.6 is 27.5 Å². The van der Waals surface area contributed by atoms with Crippen LogP contribution in [-0.2, 0) is 6.42 Å². The number of rotatable bonds is 3. The minimum absolute atomic E-state index is 0.456. The highest BCUT2D eigenvalue weighted by atomic mass is 79.9. The highest BCUT2D eigenvalue weighted by molar-refractivity contribution is 9.10. The van der Waals surface area contributed by atoms with E-state index >= 15 is 0 Å². The van der Waals surface area contributed by atoms with E-state index in [1.807, 2.05) is 12.1 Å². The summed E-state index contributed by atoms with van der Waals surface area (Å²) in [5.41, 5.74) is 6.19. The fourth-order valence-corrected chi connectivity index (χ4v) is 1.65. The Balaban J connectivity index is 2.31. The molecule has 0 aliphatic heterocycles. The molecule has 0 aliphatic carbocycles. The van der Waals surface area contributed by atoms with Crippen LogP contribution in [0.3, 0.4) is 0 Å². The van der Waals surface area contributed by atoms with Crippen LogP contribution in [-0.4, -0.2) is 16.7 Å². The van der Waals surface area contributed by atoms with E-state index in [0.29, 0.717) is 29.8 Å². The predicted molar refractivity (Wildman–Crippen MR) is 65.2 cm³/mol. The number of halogens is 2. The zero-order chi connectivity index (χ0) is 11.5. The maximum absolute atomic E-state index is 5.97. The largest absolute Gasteiger partial charge is 0.421 e. The number of nitrogens with two attached hydrogens (primary N) is 1. The second kappa shape index (κ2) is 4.95. The molecule has 0 saturated heterocycles. The minimum atomic E-state index is 0.456. The Labute approximate surface area is 106 Å². The molecular formula is C10H9BrClN3O. The first-order chi connectivity index (χ1) is 7.70. The van der Waals surface area contributed by atoms with Crippen LogP contribution < -0.4 is 5.73 Å². The minimum Gasteiger partial charge on any atom is -0.421 e. The van der Waals surface area contributed by atoms with Crippen molar-refractivity contribution in [1.29, 1.82) is 0 Å². The van der Waals surface area contributed by atoms with Gasteiger partial charge in [0.25, 0.3) is 0 Å². The van der Waals surface area contributed by atoms with Gasteiger partial charge in [-0.15, -0.1) is 10.2 Å². The number of aromatic nitrogens is 2. The van der Waals surface area contributed by atoms with E-state index in [4.69, 9.17) is 21.8 Å². The van der Waals surface area contributed by atoms with Gasteiger partial charge >= 0.3 is 0 Å². The molecule has 1 heterocycles. The van der Waals surface area contributed by atoms with Crippen molar-refractivity contribution in [2.45, 2.75) is 6.42 Å². The topological polar surface area (TPSA) is 64.9 Å². The van der Waals surface area contributed by atoms with Gasteiger partial charge < -0.3 is 10.2 Å². The SMILES string of the molecule is NCCc1nnc(-c2ccc(Br)c(Cl)c2)o1. The first kappa shape index (κ1) is 11.6. The number of nitrogens with zero attached hydrogens (tertiary/aromatic N) is 2. The fourth-order valence-electron chi connectivity index (χ4n) is 1.22. The van der Waals surface area contributed by atoms with Crippen LogP contribution in [0.15, 0.2) is 27.1 Å². The Morgan fingerprint density at radius 2 is 2.19 bits per heavy atom. The van der Waals surface area contributed by atoms with Crippen LogP contribution in [0.5, 0.6) is 0 Å². The number of benzene rings is 1. The molecule has 6 heteroatoms. The highest BCUT2D eigenvalue weighted by Crippen LogP contribution is 2.28. The van der Waals surface area contributed by atoms with Crippen molar-refractivity contribution in [2.75, 3.05) is 6.54 Å². The van der Waals surface area contributed by atoms with E-state index in [-0.39, 0.29) is 0 Å². The maximum Gasteiger partial charge on any atom is 0.247 e. The van der Waals surface area contributed by atoms with Crippen molar-refractivity contribution in [2.24, 2.45) is 5.73 Å². The van der Waals surface area contributed by atoms with Crippen LogP contribution in [0.4, 0.5) is 0 Å². The summed E-state index contributed by atoms with van der Waals surface area (Å²) in [6, 6.07) is 5.46. The molecule has 0 unspecified atom stereocenters. The Hall–Kier alpha value is -0.910. The second-order valence-electron chi connectivity index (χ2n) is 3.17. The van der Waals surface area contributed by atoms with Crippen LogP contribution in [0.2, 0.25) is 5.02 Å². The Bertz CT molecular complexity index is 501.